The lowest BCUT2D eigenvalue weighted by Crippen LogP contribution is -2.22. The Hall–Kier alpha value is -0.530. The first-order valence-corrected chi connectivity index (χ1v) is 4.58. The van der Waals surface area contributed by atoms with E-state index in [4.69, 9.17) is 11.8 Å². The van der Waals surface area contributed by atoms with Crippen LogP contribution in [0.2, 0.25) is 0 Å². The molecule has 0 atom stereocenters. The molecular formula is C10H12ClN. The third-order valence-corrected chi connectivity index (χ3v) is 2.62. The van der Waals surface area contributed by atoms with E-state index in [0.29, 0.717) is 0 Å². The van der Waals surface area contributed by atoms with Gasteiger partial charge in [-0.05, 0) is 36.2 Å². The first kappa shape index (κ1) is 8.09. The molecule has 1 aromatic rings. The lowest BCUT2D eigenvalue weighted by molar-refractivity contribution is 0.429. The maximum absolute atomic E-state index is 5.92. The van der Waals surface area contributed by atoms with Gasteiger partial charge in [0, 0.05) is 13.1 Å². The van der Waals surface area contributed by atoms with Gasteiger partial charge in [0.1, 0.15) is 0 Å². The molecule has 0 spiro atoms. The van der Waals surface area contributed by atoms with E-state index in [0.717, 1.165) is 19.5 Å². The Bertz CT molecular complexity index is 296. The van der Waals surface area contributed by atoms with E-state index in [1.807, 2.05) is 4.42 Å². The fraction of sp³-hybridized carbons (Fsp3) is 0.400. The van der Waals surface area contributed by atoms with Crippen molar-refractivity contribution >= 4 is 11.8 Å². The van der Waals surface area contributed by atoms with Crippen molar-refractivity contribution in [2.75, 3.05) is 6.54 Å². The lowest BCUT2D eigenvalue weighted by atomic mass is 9.99. The minimum Gasteiger partial charge on any atom is -0.215 e. The number of halogens is 1. The minimum absolute atomic E-state index is 0.886. The molecule has 1 aliphatic rings. The van der Waals surface area contributed by atoms with Gasteiger partial charge in [-0.25, -0.2) is 4.42 Å². The maximum Gasteiger partial charge on any atom is 0.0392 e. The van der Waals surface area contributed by atoms with E-state index in [1.165, 1.54) is 16.7 Å². The Morgan fingerprint density at radius 2 is 2.17 bits per heavy atom. The van der Waals surface area contributed by atoms with Crippen LogP contribution in [0.15, 0.2) is 18.2 Å². The van der Waals surface area contributed by atoms with Gasteiger partial charge in [-0.15, -0.1) is 0 Å². The summed E-state index contributed by atoms with van der Waals surface area (Å²) in [5.74, 6) is 0. The smallest absolute Gasteiger partial charge is 0.0392 e. The second-order valence-electron chi connectivity index (χ2n) is 3.37. The van der Waals surface area contributed by atoms with Crippen molar-refractivity contribution in [1.29, 1.82) is 0 Å². The van der Waals surface area contributed by atoms with E-state index < -0.39 is 0 Å². The average molecular weight is 182 g/mol. The maximum atomic E-state index is 5.92. The molecule has 64 valence electrons. The van der Waals surface area contributed by atoms with Crippen molar-refractivity contribution in [1.82, 2.24) is 4.42 Å². The summed E-state index contributed by atoms with van der Waals surface area (Å²) < 4.78 is 1.84. The molecule has 2 heteroatoms. The molecule has 1 aromatic carbocycles. The minimum atomic E-state index is 0.886. The molecule has 1 nitrogen and oxygen atoms in total. The fourth-order valence-electron chi connectivity index (χ4n) is 1.65. The standard InChI is InChI=1S/C10H12ClN/c1-8-2-3-10-7-12(11)5-4-9(10)6-8/h2-3,6H,4-5,7H2,1H3. The first-order valence-electron chi connectivity index (χ1n) is 4.25. The largest absolute Gasteiger partial charge is 0.215 e. The summed E-state index contributed by atoms with van der Waals surface area (Å²) in [5.41, 5.74) is 4.19. The normalized spacial score (nSPS) is 17.5. The molecule has 2 rings (SSSR count). The molecule has 0 radical (unpaired) electrons. The Balaban J connectivity index is 2.37. The second-order valence-corrected chi connectivity index (χ2v) is 3.84. The van der Waals surface area contributed by atoms with E-state index in [2.05, 4.69) is 25.1 Å². The number of aryl methyl sites for hydroxylation is 1. The summed E-state index contributed by atoms with van der Waals surface area (Å²) in [5, 5.41) is 0. The second kappa shape index (κ2) is 3.08. The summed E-state index contributed by atoms with van der Waals surface area (Å²) in [6, 6.07) is 6.59. The molecule has 0 saturated carbocycles. The van der Waals surface area contributed by atoms with Crippen LogP contribution in [-0.2, 0) is 13.0 Å². The first-order chi connectivity index (χ1) is 5.75. The summed E-state index contributed by atoms with van der Waals surface area (Å²) in [6.07, 6.45) is 1.08. The summed E-state index contributed by atoms with van der Waals surface area (Å²) in [7, 11) is 0. The van der Waals surface area contributed by atoms with E-state index in [9.17, 15) is 0 Å². The number of nitrogens with zero attached hydrogens (tertiary/aromatic N) is 1. The molecule has 0 unspecified atom stereocenters. The van der Waals surface area contributed by atoms with Crippen molar-refractivity contribution in [3.63, 3.8) is 0 Å². The number of fused-ring (bicyclic) bond motifs is 1. The van der Waals surface area contributed by atoms with Gasteiger partial charge < -0.3 is 0 Å². The van der Waals surface area contributed by atoms with E-state index >= 15 is 0 Å². The SMILES string of the molecule is Cc1ccc2c(c1)CCN(Cl)C2. The van der Waals surface area contributed by atoms with Crippen molar-refractivity contribution < 1.29 is 0 Å². The number of hydrogen-bond donors (Lipinski definition) is 0. The van der Waals surface area contributed by atoms with Gasteiger partial charge in [-0.1, -0.05) is 23.8 Å². The lowest BCUT2D eigenvalue weighted by Gasteiger charge is -2.22. The van der Waals surface area contributed by atoms with Crippen molar-refractivity contribution in [3.8, 4) is 0 Å². The molecule has 0 bridgehead atoms. The summed E-state index contributed by atoms with van der Waals surface area (Å²) in [4.78, 5) is 0. The molecule has 0 aliphatic carbocycles. The third-order valence-electron chi connectivity index (χ3n) is 2.33. The van der Waals surface area contributed by atoms with Crippen molar-refractivity contribution in [2.24, 2.45) is 0 Å². The topological polar surface area (TPSA) is 3.24 Å². The van der Waals surface area contributed by atoms with Crippen LogP contribution in [0.1, 0.15) is 16.7 Å². The van der Waals surface area contributed by atoms with Crippen LogP contribution in [0.3, 0.4) is 0 Å². The number of hydrogen-bond acceptors (Lipinski definition) is 1. The fourth-order valence-corrected chi connectivity index (χ4v) is 1.86. The highest BCUT2D eigenvalue weighted by atomic mass is 35.5. The van der Waals surface area contributed by atoms with Crippen LogP contribution in [0.5, 0.6) is 0 Å². The molecule has 0 aromatic heterocycles. The zero-order valence-corrected chi connectivity index (χ0v) is 7.93. The Morgan fingerprint density at radius 3 is 3.00 bits per heavy atom. The van der Waals surface area contributed by atoms with Gasteiger partial charge in [-0.3, -0.25) is 0 Å². The Morgan fingerprint density at radius 1 is 1.33 bits per heavy atom. The molecule has 0 N–H and O–H groups in total. The van der Waals surface area contributed by atoms with Crippen LogP contribution >= 0.6 is 11.8 Å². The molecule has 1 aliphatic heterocycles. The van der Waals surface area contributed by atoms with Crippen molar-refractivity contribution in [2.45, 2.75) is 19.9 Å². The van der Waals surface area contributed by atoms with Crippen LogP contribution < -0.4 is 0 Å². The third kappa shape index (κ3) is 1.47. The van der Waals surface area contributed by atoms with Crippen LogP contribution in [-0.4, -0.2) is 11.0 Å². The Labute approximate surface area is 78.1 Å². The predicted octanol–water partition coefficient (Wildman–Crippen LogP) is 2.51. The van der Waals surface area contributed by atoms with Crippen LogP contribution in [0.4, 0.5) is 0 Å². The highest BCUT2D eigenvalue weighted by Gasteiger charge is 2.13. The molecule has 0 amide bonds. The van der Waals surface area contributed by atoms with Gasteiger partial charge >= 0.3 is 0 Å². The molecule has 1 heterocycles. The summed E-state index contributed by atoms with van der Waals surface area (Å²) in [6.45, 7) is 3.99. The van der Waals surface area contributed by atoms with Crippen LogP contribution in [0.25, 0.3) is 0 Å². The van der Waals surface area contributed by atoms with Gasteiger partial charge in [0.2, 0.25) is 0 Å². The van der Waals surface area contributed by atoms with Crippen LogP contribution in [0, 0.1) is 6.92 Å². The molecule has 0 saturated heterocycles. The van der Waals surface area contributed by atoms with Gasteiger partial charge in [0.05, 0.1) is 0 Å². The molecule has 0 fully saturated rings. The highest BCUT2D eigenvalue weighted by Crippen LogP contribution is 2.20. The number of benzene rings is 1. The molecule has 12 heavy (non-hydrogen) atoms. The Kier molecular flexibility index (Phi) is 2.07. The zero-order valence-electron chi connectivity index (χ0n) is 7.18. The van der Waals surface area contributed by atoms with E-state index in [-0.39, 0.29) is 0 Å². The van der Waals surface area contributed by atoms with Gasteiger partial charge in [-0.2, -0.15) is 0 Å². The predicted molar refractivity (Wildman–Crippen MR) is 51.1 cm³/mol. The highest BCUT2D eigenvalue weighted by molar-refractivity contribution is 6.13. The van der Waals surface area contributed by atoms with Gasteiger partial charge in [0.25, 0.3) is 0 Å². The van der Waals surface area contributed by atoms with E-state index in [1.54, 1.807) is 0 Å². The summed E-state index contributed by atoms with van der Waals surface area (Å²) >= 11 is 5.92. The average Bonchev–Trinajstić information content (AvgIpc) is 2.05. The monoisotopic (exact) mass is 181 g/mol. The molecular weight excluding hydrogens is 170 g/mol. The van der Waals surface area contributed by atoms with Crippen molar-refractivity contribution in [3.05, 3.63) is 34.9 Å². The quantitative estimate of drug-likeness (QED) is 0.556. The van der Waals surface area contributed by atoms with Gasteiger partial charge in [0.15, 0.2) is 0 Å². The number of rotatable bonds is 0. The zero-order chi connectivity index (χ0) is 8.55.